The Labute approximate surface area is 217 Å². The normalized spacial score (nSPS) is 14.4. The van der Waals surface area contributed by atoms with Gasteiger partial charge in [-0.05, 0) is 50.2 Å². The first-order valence-corrected chi connectivity index (χ1v) is 11.7. The summed E-state index contributed by atoms with van der Waals surface area (Å²) in [6.07, 6.45) is -2.96. The Morgan fingerprint density at radius 2 is 1.75 bits per heavy atom. The lowest BCUT2D eigenvalue weighted by Gasteiger charge is -2.25. The second-order valence-electron chi connectivity index (χ2n) is 8.09. The van der Waals surface area contributed by atoms with Crippen molar-refractivity contribution in [3.05, 3.63) is 71.5 Å². The van der Waals surface area contributed by atoms with E-state index in [1.165, 1.54) is 0 Å². The molecule has 0 aromatic heterocycles. The van der Waals surface area contributed by atoms with Gasteiger partial charge in [0.05, 0.1) is 16.8 Å². The molecule has 0 atom stereocenters. The van der Waals surface area contributed by atoms with Gasteiger partial charge in [0.2, 0.25) is 0 Å². The highest BCUT2D eigenvalue weighted by molar-refractivity contribution is 7.96. The fraction of sp³-hybridized carbons (Fsp3) is 0.292. The molecule has 6 nitrogen and oxygen atoms in total. The first-order valence-electron chi connectivity index (χ1n) is 11.0. The molecule has 1 aliphatic rings. The van der Waals surface area contributed by atoms with Crippen LogP contribution in [-0.4, -0.2) is 32.1 Å². The number of amides is 1. The molecule has 0 spiro atoms. The molecule has 3 aromatic carbocycles. The Balaban J connectivity index is 0.00000361. The van der Waals surface area contributed by atoms with E-state index in [4.69, 9.17) is 4.28 Å². The molecule has 1 aliphatic heterocycles. The minimum atomic E-state index is -4.87. The monoisotopic (exact) mass is 542 g/mol. The van der Waals surface area contributed by atoms with Crippen molar-refractivity contribution in [3.63, 3.8) is 0 Å². The summed E-state index contributed by atoms with van der Waals surface area (Å²) in [5.41, 5.74) is 1.70. The maximum atomic E-state index is 14.3. The van der Waals surface area contributed by atoms with Crippen LogP contribution in [0.3, 0.4) is 0 Å². The molecule has 4 rings (SSSR count). The number of piperidine rings is 1. The van der Waals surface area contributed by atoms with Crippen LogP contribution in [-0.2, 0) is 10.5 Å². The van der Waals surface area contributed by atoms with Crippen LogP contribution in [0.15, 0.2) is 54.6 Å². The lowest BCUT2D eigenvalue weighted by Crippen LogP contribution is -2.39. The van der Waals surface area contributed by atoms with Crippen LogP contribution in [0.5, 0.6) is 0 Å². The van der Waals surface area contributed by atoms with Crippen molar-refractivity contribution in [1.29, 1.82) is 0 Å². The summed E-state index contributed by atoms with van der Waals surface area (Å²) >= 11 is 1.10. The SMILES string of the molecule is CN(SONC1CCNCC1)c1ccc(NC(=O)c2c(F)cccc2C(F)(F)F)c2ccccc12.S. The number of benzene rings is 3. The molecule has 0 unspecified atom stereocenters. The van der Waals surface area contributed by atoms with Crippen LogP contribution < -0.4 is 20.4 Å². The van der Waals surface area contributed by atoms with E-state index >= 15 is 0 Å². The number of halogens is 4. The lowest BCUT2D eigenvalue weighted by molar-refractivity contribution is -0.138. The number of rotatable bonds is 7. The van der Waals surface area contributed by atoms with E-state index < -0.39 is 29.0 Å². The highest BCUT2D eigenvalue weighted by Crippen LogP contribution is 2.36. The molecule has 1 saturated heterocycles. The Bertz CT molecular complexity index is 1210. The van der Waals surface area contributed by atoms with Crippen molar-refractivity contribution in [2.24, 2.45) is 0 Å². The summed E-state index contributed by atoms with van der Waals surface area (Å²) in [6, 6.07) is 13.1. The molecule has 12 heteroatoms. The molecule has 1 amide bonds. The number of hydrogen-bond acceptors (Lipinski definition) is 6. The summed E-state index contributed by atoms with van der Waals surface area (Å²) in [5, 5.41) is 7.05. The summed E-state index contributed by atoms with van der Waals surface area (Å²) in [7, 11) is 1.81. The molecule has 3 N–H and O–H groups in total. The Kier molecular flexibility index (Phi) is 9.47. The maximum Gasteiger partial charge on any atom is 0.417 e. The third-order valence-electron chi connectivity index (χ3n) is 5.74. The smallest absolute Gasteiger partial charge is 0.321 e. The summed E-state index contributed by atoms with van der Waals surface area (Å²) in [4.78, 5) is 12.8. The number of hydroxylamine groups is 1. The minimum Gasteiger partial charge on any atom is -0.321 e. The standard InChI is InChI=1S/C24H24F4N4O2S.H2S/c1-32(35-34-31-15-11-13-29-14-12-15)21-10-9-20(16-5-2-3-6-17(16)21)30-23(33)22-18(24(26,27)28)7-4-8-19(22)25;/h2-10,15,29,31H,11-14H2,1H3,(H,30,33);1H2. The predicted molar refractivity (Wildman–Crippen MR) is 140 cm³/mol. The maximum absolute atomic E-state index is 14.3. The quantitative estimate of drug-likeness (QED) is 0.156. The van der Waals surface area contributed by atoms with E-state index in [9.17, 15) is 22.4 Å². The fourth-order valence-electron chi connectivity index (χ4n) is 3.97. The van der Waals surface area contributed by atoms with Crippen molar-refractivity contribution in [3.8, 4) is 0 Å². The highest BCUT2D eigenvalue weighted by Gasteiger charge is 2.37. The Morgan fingerprint density at radius 1 is 1.06 bits per heavy atom. The molecular weight excluding hydrogens is 516 g/mol. The van der Waals surface area contributed by atoms with Gasteiger partial charge >= 0.3 is 6.18 Å². The average Bonchev–Trinajstić information content (AvgIpc) is 2.84. The van der Waals surface area contributed by atoms with Crippen molar-refractivity contribution in [2.45, 2.75) is 25.1 Å². The number of nitrogens with zero attached hydrogens (tertiary/aromatic N) is 1. The summed E-state index contributed by atoms with van der Waals surface area (Å²) in [6.45, 7) is 1.85. The van der Waals surface area contributed by atoms with Gasteiger partial charge in [0.15, 0.2) is 0 Å². The van der Waals surface area contributed by atoms with E-state index in [0.717, 1.165) is 61.4 Å². The molecule has 0 bridgehead atoms. The molecule has 0 radical (unpaired) electrons. The molecule has 0 aliphatic carbocycles. The number of nitrogens with one attached hydrogen (secondary N) is 3. The van der Waals surface area contributed by atoms with E-state index in [1.807, 2.05) is 19.2 Å². The zero-order valence-corrected chi connectivity index (χ0v) is 21.1. The highest BCUT2D eigenvalue weighted by atomic mass is 32.2. The average molecular weight is 543 g/mol. The number of alkyl halides is 3. The molecular formula is C24H26F4N4O2S2. The zero-order valence-electron chi connectivity index (χ0n) is 19.3. The van der Waals surface area contributed by atoms with Crippen LogP contribution in [0, 0.1) is 5.82 Å². The third kappa shape index (κ3) is 6.43. The van der Waals surface area contributed by atoms with Gasteiger partial charge in [0.1, 0.15) is 18.0 Å². The van der Waals surface area contributed by atoms with Gasteiger partial charge in [-0.15, -0.1) is 0 Å². The van der Waals surface area contributed by atoms with Crippen LogP contribution in [0.2, 0.25) is 0 Å². The number of fused-ring (bicyclic) bond motifs is 1. The number of carbonyl (C=O) groups is 1. The first-order chi connectivity index (χ1) is 16.8. The van der Waals surface area contributed by atoms with E-state index in [-0.39, 0.29) is 25.2 Å². The fourth-order valence-corrected chi connectivity index (χ4v) is 4.50. The molecule has 36 heavy (non-hydrogen) atoms. The van der Waals surface area contributed by atoms with Gasteiger partial charge < -0.3 is 10.6 Å². The lowest BCUT2D eigenvalue weighted by atomic mass is 10.0. The van der Waals surface area contributed by atoms with Crippen molar-refractivity contribution < 1.29 is 26.6 Å². The zero-order chi connectivity index (χ0) is 25.0. The van der Waals surface area contributed by atoms with Crippen LogP contribution >= 0.6 is 25.7 Å². The Morgan fingerprint density at radius 3 is 2.44 bits per heavy atom. The summed E-state index contributed by atoms with van der Waals surface area (Å²) < 4.78 is 61.8. The van der Waals surface area contributed by atoms with E-state index in [2.05, 4.69) is 16.1 Å². The number of hydrogen-bond donors (Lipinski definition) is 3. The molecule has 3 aromatic rings. The van der Waals surface area contributed by atoms with Gasteiger partial charge in [0.25, 0.3) is 5.91 Å². The Hall–Kier alpha value is -2.51. The predicted octanol–water partition coefficient (Wildman–Crippen LogP) is 5.64. The molecule has 194 valence electrons. The van der Waals surface area contributed by atoms with Gasteiger partial charge in [-0.1, -0.05) is 30.3 Å². The van der Waals surface area contributed by atoms with Crippen LogP contribution in [0.4, 0.5) is 28.9 Å². The topological polar surface area (TPSA) is 65.6 Å². The van der Waals surface area contributed by atoms with Gasteiger partial charge in [0, 0.05) is 29.5 Å². The summed E-state index contributed by atoms with van der Waals surface area (Å²) in [5.74, 6) is -2.42. The molecule has 1 heterocycles. The molecule has 1 fully saturated rings. The van der Waals surface area contributed by atoms with E-state index in [0.29, 0.717) is 11.5 Å². The largest absolute Gasteiger partial charge is 0.417 e. The van der Waals surface area contributed by atoms with Crippen molar-refractivity contribution in [2.75, 3.05) is 29.8 Å². The second kappa shape index (κ2) is 12.2. The van der Waals surface area contributed by atoms with Crippen molar-refractivity contribution in [1.82, 2.24) is 10.8 Å². The third-order valence-corrected chi connectivity index (χ3v) is 6.33. The number of carbonyl (C=O) groups excluding carboxylic acids is 1. The minimum absolute atomic E-state index is 0. The van der Waals surface area contributed by atoms with Gasteiger partial charge in [-0.2, -0.15) is 32.1 Å². The molecule has 0 saturated carbocycles. The van der Waals surface area contributed by atoms with E-state index in [1.54, 1.807) is 28.6 Å². The van der Waals surface area contributed by atoms with Crippen LogP contribution in [0.1, 0.15) is 28.8 Å². The van der Waals surface area contributed by atoms with Crippen LogP contribution in [0.25, 0.3) is 10.8 Å². The first kappa shape index (κ1) is 28.1. The van der Waals surface area contributed by atoms with Crippen molar-refractivity contribution >= 4 is 53.8 Å². The number of anilines is 2. The van der Waals surface area contributed by atoms with Gasteiger partial charge in [-0.25, -0.2) is 8.67 Å². The second-order valence-corrected chi connectivity index (χ2v) is 8.95. The van der Waals surface area contributed by atoms with Gasteiger partial charge in [-0.3, -0.25) is 9.10 Å².